The van der Waals surface area contributed by atoms with Gasteiger partial charge in [0.2, 0.25) is 0 Å². The maximum Gasteiger partial charge on any atom is 0.147 e. The molecule has 1 aliphatic heterocycles. The molecule has 1 atom stereocenters. The Morgan fingerprint density at radius 3 is 2.59 bits per heavy atom. The number of fused-ring (bicyclic) bond motifs is 3. The predicted molar refractivity (Wildman–Crippen MR) is 87.0 cm³/mol. The summed E-state index contributed by atoms with van der Waals surface area (Å²) in [6, 6.07) is 15.8. The van der Waals surface area contributed by atoms with Crippen molar-refractivity contribution in [1.82, 2.24) is 9.78 Å². The summed E-state index contributed by atoms with van der Waals surface area (Å²) in [4.78, 5) is 0. The van der Waals surface area contributed by atoms with E-state index in [1.54, 1.807) is 12.1 Å². The first kappa shape index (κ1) is 13.0. The lowest BCUT2D eigenvalue weighted by Crippen LogP contribution is -2.25. The summed E-state index contributed by atoms with van der Waals surface area (Å²) >= 11 is 0. The van der Waals surface area contributed by atoms with Crippen LogP contribution >= 0.6 is 0 Å². The Bertz CT molecular complexity index is 849. The van der Waals surface area contributed by atoms with Gasteiger partial charge in [0.15, 0.2) is 0 Å². The summed E-state index contributed by atoms with van der Waals surface area (Å²) in [7, 11) is 0. The van der Waals surface area contributed by atoms with Crippen molar-refractivity contribution in [1.29, 1.82) is 0 Å². The number of hydrogen-bond donors (Lipinski definition) is 2. The standard InChI is InChI=1S/C18H17N3O/c1-11-3-8-16-15(9-11)17-10-12(2)20-21(17)18(19-16)13-4-6-14(22)7-5-13/h3-10,18-19,22H,1-2H3. The van der Waals surface area contributed by atoms with Gasteiger partial charge in [-0.25, -0.2) is 4.68 Å². The van der Waals surface area contributed by atoms with Crippen molar-refractivity contribution in [2.24, 2.45) is 0 Å². The van der Waals surface area contributed by atoms with Gasteiger partial charge in [0.05, 0.1) is 11.4 Å². The van der Waals surface area contributed by atoms with Crippen molar-refractivity contribution in [3.63, 3.8) is 0 Å². The second-order valence-electron chi connectivity index (χ2n) is 5.80. The van der Waals surface area contributed by atoms with Gasteiger partial charge in [-0.05, 0) is 49.7 Å². The highest BCUT2D eigenvalue weighted by Gasteiger charge is 2.26. The molecule has 3 aromatic rings. The molecule has 4 rings (SSSR count). The first-order chi connectivity index (χ1) is 10.6. The van der Waals surface area contributed by atoms with E-state index in [4.69, 9.17) is 0 Å². The first-order valence-electron chi connectivity index (χ1n) is 7.34. The largest absolute Gasteiger partial charge is 0.508 e. The number of benzene rings is 2. The van der Waals surface area contributed by atoms with Crippen LogP contribution in [0.5, 0.6) is 5.75 Å². The van der Waals surface area contributed by atoms with E-state index < -0.39 is 0 Å². The van der Waals surface area contributed by atoms with Crippen molar-refractivity contribution in [3.05, 3.63) is 65.4 Å². The van der Waals surface area contributed by atoms with Crippen molar-refractivity contribution in [3.8, 4) is 17.0 Å². The van der Waals surface area contributed by atoms with E-state index >= 15 is 0 Å². The van der Waals surface area contributed by atoms with Crippen LogP contribution in [0, 0.1) is 13.8 Å². The van der Waals surface area contributed by atoms with E-state index in [9.17, 15) is 5.11 Å². The zero-order valence-corrected chi connectivity index (χ0v) is 12.5. The molecule has 1 aliphatic rings. The lowest BCUT2D eigenvalue weighted by Gasteiger charge is -2.29. The quantitative estimate of drug-likeness (QED) is 0.716. The van der Waals surface area contributed by atoms with Gasteiger partial charge in [-0.2, -0.15) is 5.10 Å². The molecule has 0 amide bonds. The molecule has 2 N–H and O–H groups in total. The minimum absolute atomic E-state index is 0.0699. The van der Waals surface area contributed by atoms with Crippen molar-refractivity contribution in [2.75, 3.05) is 5.32 Å². The molecule has 1 unspecified atom stereocenters. The minimum Gasteiger partial charge on any atom is -0.508 e. The smallest absolute Gasteiger partial charge is 0.147 e. The summed E-state index contributed by atoms with van der Waals surface area (Å²) in [5.74, 6) is 0.271. The van der Waals surface area contributed by atoms with E-state index in [0.717, 1.165) is 22.6 Å². The Morgan fingerprint density at radius 1 is 1.05 bits per heavy atom. The average Bonchev–Trinajstić information content (AvgIpc) is 2.89. The van der Waals surface area contributed by atoms with Crippen LogP contribution in [0.4, 0.5) is 5.69 Å². The molecule has 2 aromatic carbocycles. The fourth-order valence-corrected chi connectivity index (χ4v) is 3.00. The average molecular weight is 291 g/mol. The summed E-state index contributed by atoms with van der Waals surface area (Å²) in [6.45, 7) is 4.11. The first-order valence-corrected chi connectivity index (χ1v) is 7.34. The van der Waals surface area contributed by atoms with Crippen LogP contribution in [0.1, 0.15) is 23.0 Å². The summed E-state index contributed by atoms with van der Waals surface area (Å²) < 4.78 is 2.02. The van der Waals surface area contributed by atoms with Gasteiger partial charge < -0.3 is 10.4 Å². The Labute approximate surface area is 129 Å². The molecule has 0 fully saturated rings. The molecule has 0 saturated carbocycles. The Hall–Kier alpha value is -2.75. The number of aromatic nitrogens is 2. The predicted octanol–water partition coefficient (Wildman–Crippen LogP) is 3.84. The van der Waals surface area contributed by atoms with Gasteiger partial charge in [0.1, 0.15) is 11.9 Å². The van der Waals surface area contributed by atoms with Gasteiger partial charge in [0.25, 0.3) is 0 Å². The molecule has 0 saturated heterocycles. The molecular formula is C18H17N3O. The lowest BCUT2D eigenvalue weighted by molar-refractivity contribution is 0.474. The van der Waals surface area contributed by atoms with E-state index in [-0.39, 0.29) is 11.9 Å². The van der Waals surface area contributed by atoms with E-state index in [1.165, 1.54) is 11.1 Å². The van der Waals surface area contributed by atoms with E-state index in [0.29, 0.717) is 0 Å². The number of hydrogen-bond acceptors (Lipinski definition) is 3. The number of nitrogens with one attached hydrogen (secondary N) is 1. The molecule has 0 aliphatic carbocycles. The fourth-order valence-electron chi connectivity index (χ4n) is 3.00. The summed E-state index contributed by atoms with van der Waals surface area (Å²) in [6.07, 6.45) is -0.0699. The molecule has 0 spiro atoms. The van der Waals surface area contributed by atoms with Crippen LogP contribution in [0.2, 0.25) is 0 Å². The molecule has 4 nitrogen and oxygen atoms in total. The Morgan fingerprint density at radius 2 is 1.82 bits per heavy atom. The maximum atomic E-state index is 9.50. The maximum absolute atomic E-state index is 9.50. The van der Waals surface area contributed by atoms with Gasteiger partial charge in [-0.3, -0.25) is 0 Å². The summed E-state index contributed by atoms with van der Waals surface area (Å²) in [5, 5.41) is 17.7. The van der Waals surface area contributed by atoms with Gasteiger partial charge >= 0.3 is 0 Å². The van der Waals surface area contributed by atoms with Gasteiger partial charge in [0, 0.05) is 11.3 Å². The van der Waals surface area contributed by atoms with Crippen LogP contribution in [0.25, 0.3) is 11.3 Å². The van der Waals surface area contributed by atoms with Crippen LogP contribution in [0.3, 0.4) is 0 Å². The zero-order chi connectivity index (χ0) is 15.3. The number of nitrogens with zero attached hydrogens (tertiary/aromatic N) is 2. The zero-order valence-electron chi connectivity index (χ0n) is 12.5. The number of phenols is 1. The molecule has 0 bridgehead atoms. The Kier molecular flexibility index (Phi) is 2.73. The van der Waals surface area contributed by atoms with Crippen LogP contribution in [0.15, 0.2) is 48.5 Å². The molecule has 110 valence electrons. The molecule has 0 radical (unpaired) electrons. The SMILES string of the molecule is Cc1ccc2c(c1)-c1cc(C)nn1C(c1ccc(O)cc1)N2. The van der Waals surface area contributed by atoms with E-state index in [2.05, 4.69) is 41.6 Å². The number of rotatable bonds is 1. The van der Waals surface area contributed by atoms with Gasteiger partial charge in [-0.15, -0.1) is 0 Å². The monoisotopic (exact) mass is 291 g/mol. The third kappa shape index (κ3) is 1.96. The van der Waals surface area contributed by atoms with Crippen molar-refractivity contribution < 1.29 is 5.11 Å². The minimum atomic E-state index is -0.0699. The van der Waals surface area contributed by atoms with Gasteiger partial charge in [-0.1, -0.05) is 23.8 Å². The fraction of sp³-hybridized carbons (Fsp3) is 0.167. The van der Waals surface area contributed by atoms with Crippen molar-refractivity contribution in [2.45, 2.75) is 20.0 Å². The third-order valence-electron chi connectivity index (χ3n) is 4.05. The molecule has 22 heavy (non-hydrogen) atoms. The second kappa shape index (κ2) is 4.63. The normalized spacial score (nSPS) is 15.8. The number of phenolic OH excluding ortho intramolecular Hbond substituents is 1. The highest BCUT2D eigenvalue weighted by Crippen LogP contribution is 2.39. The number of aromatic hydroxyl groups is 1. The molecular weight excluding hydrogens is 274 g/mol. The topological polar surface area (TPSA) is 50.1 Å². The van der Waals surface area contributed by atoms with Crippen LogP contribution in [-0.4, -0.2) is 14.9 Å². The van der Waals surface area contributed by atoms with Crippen molar-refractivity contribution >= 4 is 5.69 Å². The van der Waals surface area contributed by atoms with Crippen LogP contribution < -0.4 is 5.32 Å². The Balaban J connectivity index is 1.90. The highest BCUT2D eigenvalue weighted by molar-refractivity contribution is 5.79. The summed E-state index contributed by atoms with van der Waals surface area (Å²) in [5.41, 5.74) is 6.69. The van der Waals surface area contributed by atoms with Crippen LogP contribution in [-0.2, 0) is 0 Å². The number of aryl methyl sites for hydroxylation is 2. The molecule has 2 heterocycles. The third-order valence-corrected chi connectivity index (χ3v) is 4.05. The molecule has 4 heteroatoms. The second-order valence-corrected chi connectivity index (χ2v) is 5.80. The molecule has 1 aromatic heterocycles. The highest BCUT2D eigenvalue weighted by atomic mass is 16.3. The van der Waals surface area contributed by atoms with E-state index in [1.807, 2.05) is 23.7 Å². The lowest BCUT2D eigenvalue weighted by atomic mass is 10.0. The number of anilines is 1.